The van der Waals surface area contributed by atoms with E-state index < -0.39 is 0 Å². The molecular formula is C23H27Cl2N3O4. The Hall–Kier alpha value is -2.48. The standard InChI is InChI=1S/C23H27Cl2N3O4/c1-31-20-8-5-15(12-21(20)32-2)9-10-26-22(29)14-28-11-3-4-19(28)23(30)27-18-13-16(24)6-7-17(18)25/h5-8,12-13,19H,3-4,9-11,14H2,1-2H3,(H,26,29)(H,27,30). The molecule has 32 heavy (non-hydrogen) atoms. The van der Waals surface area contributed by atoms with Gasteiger partial charge in [-0.1, -0.05) is 29.3 Å². The number of rotatable bonds is 9. The predicted octanol–water partition coefficient (Wildman–Crippen LogP) is 3.77. The van der Waals surface area contributed by atoms with Crippen LogP contribution < -0.4 is 20.1 Å². The van der Waals surface area contributed by atoms with Crippen LogP contribution in [0.5, 0.6) is 11.5 Å². The number of carbonyl (C=O) groups is 2. The summed E-state index contributed by atoms with van der Waals surface area (Å²) in [6.45, 7) is 1.33. The third kappa shape index (κ3) is 6.28. The van der Waals surface area contributed by atoms with Gasteiger partial charge in [0, 0.05) is 11.6 Å². The van der Waals surface area contributed by atoms with Gasteiger partial charge in [-0.15, -0.1) is 0 Å². The number of benzene rings is 2. The molecule has 1 fully saturated rings. The number of nitrogens with one attached hydrogen (secondary N) is 2. The second-order valence-corrected chi connectivity index (χ2v) is 8.37. The Balaban J connectivity index is 1.50. The van der Waals surface area contributed by atoms with Crippen molar-refractivity contribution in [2.75, 3.05) is 39.2 Å². The highest BCUT2D eigenvalue weighted by molar-refractivity contribution is 6.35. The molecule has 9 heteroatoms. The molecule has 172 valence electrons. The molecule has 1 heterocycles. The van der Waals surface area contributed by atoms with E-state index >= 15 is 0 Å². The van der Waals surface area contributed by atoms with Crippen molar-refractivity contribution in [3.8, 4) is 11.5 Å². The Morgan fingerprint density at radius 2 is 1.88 bits per heavy atom. The van der Waals surface area contributed by atoms with Crippen LogP contribution >= 0.6 is 23.2 Å². The first-order valence-electron chi connectivity index (χ1n) is 10.4. The summed E-state index contributed by atoms with van der Waals surface area (Å²) < 4.78 is 10.6. The number of ether oxygens (including phenoxy) is 2. The van der Waals surface area contributed by atoms with E-state index in [0.29, 0.717) is 53.2 Å². The lowest BCUT2D eigenvalue weighted by Crippen LogP contribution is -2.45. The molecule has 2 amide bonds. The Morgan fingerprint density at radius 1 is 1.09 bits per heavy atom. The van der Waals surface area contributed by atoms with Gasteiger partial charge >= 0.3 is 0 Å². The number of likely N-dealkylation sites (tertiary alicyclic amines) is 1. The average molecular weight is 480 g/mol. The summed E-state index contributed by atoms with van der Waals surface area (Å²) >= 11 is 12.1. The predicted molar refractivity (Wildman–Crippen MR) is 126 cm³/mol. The van der Waals surface area contributed by atoms with Crippen molar-refractivity contribution < 1.29 is 19.1 Å². The van der Waals surface area contributed by atoms with Gasteiger partial charge in [0.2, 0.25) is 11.8 Å². The average Bonchev–Trinajstić information content (AvgIpc) is 3.24. The van der Waals surface area contributed by atoms with E-state index in [1.807, 2.05) is 23.1 Å². The molecule has 3 rings (SSSR count). The Bertz CT molecular complexity index is 970. The second kappa shape index (κ2) is 11.4. The van der Waals surface area contributed by atoms with Crippen LogP contribution in [0.1, 0.15) is 18.4 Å². The van der Waals surface area contributed by atoms with Crippen LogP contribution in [0.25, 0.3) is 0 Å². The minimum Gasteiger partial charge on any atom is -0.493 e. The van der Waals surface area contributed by atoms with Gasteiger partial charge in [0.15, 0.2) is 11.5 Å². The number of hydrogen-bond donors (Lipinski definition) is 2. The molecule has 0 radical (unpaired) electrons. The van der Waals surface area contributed by atoms with Gasteiger partial charge in [-0.2, -0.15) is 0 Å². The van der Waals surface area contributed by atoms with E-state index in [1.165, 1.54) is 0 Å². The summed E-state index contributed by atoms with van der Waals surface area (Å²) in [7, 11) is 3.18. The quantitative estimate of drug-likeness (QED) is 0.571. The molecule has 0 saturated carbocycles. The number of amides is 2. The molecule has 7 nitrogen and oxygen atoms in total. The van der Waals surface area contributed by atoms with Gasteiger partial charge in [-0.05, 0) is 61.7 Å². The monoisotopic (exact) mass is 479 g/mol. The van der Waals surface area contributed by atoms with E-state index in [2.05, 4.69) is 10.6 Å². The lowest BCUT2D eigenvalue weighted by Gasteiger charge is -2.23. The van der Waals surface area contributed by atoms with Crippen molar-refractivity contribution >= 4 is 40.7 Å². The molecule has 1 aliphatic heterocycles. The maximum Gasteiger partial charge on any atom is 0.241 e. The highest BCUT2D eigenvalue weighted by Gasteiger charge is 2.32. The Labute approximate surface area is 198 Å². The molecule has 0 aromatic heterocycles. The molecular weight excluding hydrogens is 453 g/mol. The third-order valence-electron chi connectivity index (χ3n) is 5.38. The zero-order valence-corrected chi connectivity index (χ0v) is 19.6. The summed E-state index contributed by atoms with van der Waals surface area (Å²) in [4.78, 5) is 27.1. The maximum atomic E-state index is 12.8. The molecule has 1 aliphatic rings. The summed E-state index contributed by atoms with van der Waals surface area (Å²) in [5, 5.41) is 6.66. The molecule has 2 aromatic carbocycles. The molecule has 2 N–H and O–H groups in total. The number of carbonyl (C=O) groups excluding carboxylic acids is 2. The highest BCUT2D eigenvalue weighted by Crippen LogP contribution is 2.28. The minimum absolute atomic E-state index is 0.119. The van der Waals surface area contributed by atoms with Gasteiger partial charge in [-0.25, -0.2) is 0 Å². The summed E-state index contributed by atoms with van der Waals surface area (Å²) in [5.74, 6) is 1.01. The number of anilines is 1. The fraction of sp³-hybridized carbons (Fsp3) is 0.391. The zero-order chi connectivity index (χ0) is 23.1. The fourth-order valence-corrected chi connectivity index (χ4v) is 4.08. The first-order valence-corrected chi connectivity index (χ1v) is 11.1. The molecule has 2 aromatic rings. The van der Waals surface area contributed by atoms with Crippen LogP contribution in [0.4, 0.5) is 5.69 Å². The van der Waals surface area contributed by atoms with Crippen molar-refractivity contribution in [2.45, 2.75) is 25.3 Å². The summed E-state index contributed by atoms with van der Waals surface area (Å²) in [6.07, 6.45) is 2.19. The molecule has 1 unspecified atom stereocenters. The van der Waals surface area contributed by atoms with Crippen LogP contribution in [0, 0.1) is 0 Å². The normalized spacial score (nSPS) is 15.9. The van der Waals surface area contributed by atoms with E-state index in [4.69, 9.17) is 32.7 Å². The van der Waals surface area contributed by atoms with Crippen molar-refractivity contribution in [2.24, 2.45) is 0 Å². The summed E-state index contributed by atoms with van der Waals surface area (Å²) in [6, 6.07) is 10.2. The number of methoxy groups -OCH3 is 2. The van der Waals surface area contributed by atoms with E-state index in [0.717, 1.165) is 12.0 Å². The molecule has 0 aliphatic carbocycles. The lowest BCUT2D eigenvalue weighted by atomic mass is 10.1. The van der Waals surface area contributed by atoms with E-state index in [-0.39, 0.29) is 24.4 Å². The highest BCUT2D eigenvalue weighted by atomic mass is 35.5. The Kier molecular flexibility index (Phi) is 8.61. The second-order valence-electron chi connectivity index (χ2n) is 7.53. The maximum absolute atomic E-state index is 12.8. The third-order valence-corrected chi connectivity index (χ3v) is 5.95. The van der Waals surface area contributed by atoms with E-state index in [9.17, 15) is 9.59 Å². The fourth-order valence-electron chi connectivity index (χ4n) is 3.74. The summed E-state index contributed by atoms with van der Waals surface area (Å²) in [5.41, 5.74) is 1.50. The van der Waals surface area contributed by atoms with E-state index in [1.54, 1.807) is 32.4 Å². The Morgan fingerprint density at radius 3 is 2.62 bits per heavy atom. The number of halogens is 2. The van der Waals surface area contributed by atoms with Gasteiger partial charge in [0.1, 0.15) is 0 Å². The molecule has 0 bridgehead atoms. The number of nitrogens with zero attached hydrogens (tertiary/aromatic N) is 1. The zero-order valence-electron chi connectivity index (χ0n) is 18.1. The van der Waals surface area contributed by atoms with Gasteiger partial charge < -0.3 is 20.1 Å². The van der Waals surface area contributed by atoms with Crippen molar-refractivity contribution in [1.29, 1.82) is 0 Å². The topological polar surface area (TPSA) is 79.9 Å². The van der Waals surface area contributed by atoms with Gasteiger partial charge in [0.25, 0.3) is 0 Å². The number of hydrogen-bond acceptors (Lipinski definition) is 5. The lowest BCUT2D eigenvalue weighted by molar-refractivity contribution is -0.124. The molecule has 0 spiro atoms. The molecule has 1 atom stereocenters. The van der Waals surface area contributed by atoms with Gasteiger partial charge in [0.05, 0.1) is 37.5 Å². The van der Waals surface area contributed by atoms with Crippen molar-refractivity contribution in [3.05, 3.63) is 52.0 Å². The van der Waals surface area contributed by atoms with Crippen LogP contribution in [0.15, 0.2) is 36.4 Å². The van der Waals surface area contributed by atoms with Crippen molar-refractivity contribution in [1.82, 2.24) is 10.2 Å². The largest absolute Gasteiger partial charge is 0.493 e. The first-order chi connectivity index (χ1) is 15.4. The van der Waals surface area contributed by atoms with Crippen LogP contribution in [0.2, 0.25) is 10.0 Å². The smallest absolute Gasteiger partial charge is 0.241 e. The SMILES string of the molecule is COc1ccc(CCNC(=O)CN2CCCC2C(=O)Nc2cc(Cl)ccc2Cl)cc1OC. The van der Waals surface area contributed by atoms with Crippen LogP contribution in [-0.2, 0) is 16.0 Å². The van der Waals surface area contributed by atoms with Gasteiger partial charge in [-0.3, -0.25) is 14.5 Å². The first kappa shape index (κ1) is 24.2. The minimum atomic E-state index is -0.387. The van der Waals surface area contributed by atoms with Crippen LogP contribution in [0.3, 0.4) is 0 Å². The van der Waals surface area contributed by atoms with Crippen molar-refractivity contribution in [3.63, 3.8) is 0 Å². The molecule has 1 saturated heterocycles. The van der Waals surface area contributed by atoms with Crippen LogP contribution in [-0.4, -0.2) is 56.6 Å².